The van der Waals surface area contributed by atoms with Gasteiger partial charge >= 0.3 is 12.4 Å². The Balaban J connectivity index is 1.43. The Morgan fingerprint density at radius 3 is 1.41 bits per heavy atom. The van der Waals surface area contributed by atoms with Crippen molar-refractivity contribution in [2.75, 3.05) is 0 Å². The first-order valence-corrected chi connectivity index (χ1v) is 13.5. The lowest BCUT2D eigenvalue weighted by atomic mass is 9.99. The molecule has 0 heterocycles. The maximum absolute atomic E-state index is 13.9. The number of nitrogens with zero attached hydrogens (tertiary/aromatic N) is 2. The number of fused-ring (bicyclic) bond motifs is 6. The summed E-state index contributed by atoms with van der Waals surface area (Å²) < 4.78 is 108. The van der Waals surface area contributed by atoms with Crippen molar-refractivity contribution in [1.29, 1.82) is 10.7 Å². The average molecular weight is 630 g/mol. The normalized spacial score (nSPS) is 13.0. The van der Waals surface area contributed by atoms with E-state index in [-0.39, 0.29) is 21.8 Å². The van der Waals surface area contributed by atoms with Crippen LogP contribution in [0.5, 0.6) is 0 Å². The molecule has 1 N–H and O–H groups in total. The Kier molecular flexibility index (Phi) is 6.29. The molecule has 0 aliphatic heterocycles. The highest BCUT2D eigenvalue weighted by Gasteiger charge is 2.35. The zero-order valence-electron chi connectivity index (χ0n) is 23.0. The number of alkyl halides is 6. The number of nitrogens with one attached hydrogen (secondary N) is 1. The topological polar surface area (TPSA) is 60.0 Å². The maximum atomic E-state index is 13.9. The van der Waals surface area contributed by atoms with Crippen LogP contribution in [0.2, 0.25) is 0 Å². The van der Waals surface area contributed by atoms with Gasteiger partial charge in [-0.1, -0.05) is 36.4 Å². The van der Waals surface area contributed by atoms with Gasteiger partial charge in [-0.3, -0.25) is 5.41 Å². The molecule has 0 radical (unpaired) electrons. The van der Waals surface area contributed by atoms with Crippen molar-refractivity contribution in [3.8, 4) is 28.4 Å². The number of hydrogen-bond donors (Lipinski definition) is 1. The van der Waals surface area contributed by atoms with Crippen LogP contribution in [0.1, 0.15) is 11.1 Å². The highest BCUT2D eigenvalue weighted by Crippen LogP contribution is 2.39. The van der Waals surface area contributed by atoms with E-state index in [2.05, 4.69) is 4.99 Å². The summed E-state index contributed by atoms with van der Waals surface area (Å²) in [5, 5.41) is 23.2. The Morgan fingerprint density at radius 1 is 0.500 bits per heavy atom. The number of nitriles is 1. The summed E-state index contributed by atoms with van der Waals surface area (Å²) in [5.41, 5.74) is -1.87. The summed E-state index contributed by atoms with van der Waals surface area (Å²) in [6.07, 6.45) is -8.02. The first-order chi connectivity index (χ1) is 21.8. The van der Waals surface area contributed by atoms with Crippen LogP contribution in [0.3, 0.4) is 0 Å². The minimum absolute atomic E-state index is 0.0757. The van der Waals surface area contributed by atoms with Gasteiger partial charge in [-0.15, -0.1) is 0 Å². The zero-order chi connectivity index (χ0) is 32.7. The van der Waals surface area contributed by atoms with Crippen LogP contribution >= 0.6 is 0 Å². The summed E-state index contributed by atoms with van der Waals surface area (Å²) >= 11 is 0. The molecular formula is C35H15F8N3. The minimum Gasteiger partial charge on any atom is -0.300 e. The summed E-state index contributed by atoms with van der Waals surface area (Å²) in [4.78, 5) is 3.99. The molecule has 0 aliphatic carbocycles. The molecule has 7 aromatic carbocycles. The van der Waals surface area contributed by atoms with E-state index in [4.69, 9.17) is 5.41 Å². The van der Waals surface area contributed by atoms with E-state index < -0.39 is 35.1 Å². The van der Waals surface area contributed by atoms with Crippen LogP contribution in [-0.2, 0) is 12.4 Å². The van der Waals surface area contributed by atoms with Gasteiger partial charge in [-0.2, -0.15) is 36.6 Å². The van der Waals surface area contributed by atoms with Crippen molar-refractivity contribution in [3.05, 3.63) is 118 Å². The maximum Gasteiger partial charge on any atom is 0.419 e. The molecule has 0 aliphatic rings. The van der Waals surface area contributed by atoms with Gasteiger partial charge in [0.05, 0.1) is 21.8 Å². The van der Waals surface area contributed by atoms with Gasteiger partial charge in [-0.25, -0.2) is 8.78 Å². The van der Waals surface area contributed by atoms with Crippen molar-refractivity contribution >= 4 is 43.1 Å². The van der Waals surface area contributed by atoms with Gasteiger partial charge in [0.1, 0.15) is 11.6 Å². The molecule has 7 rings (SSSR count). The second kappa shape index (κ2) is 9.94. The second-order valence-electron chi connectivity index (χ2n) is 10.8. The predicted molar refractivity (Wildman–Crippen MR) is 157 cm³/mol. The molecule has 0 spiro atoms. The molecule has 0 fully saturated rings. The lowest BCUT2D eigenvalue weighted by Gasteiger charge is -2.10. The smallest absolute Gasteiger partial charge is 0.300 e. The van der Waals surface area contributed by atoms with Gasteiger partial charge in [-0.05, 0) is 92.3 Å². The van der Waals surface area contributed by atoms with Crippen LogP contribution in [0.15, 0.2) is 89.9 Å². The summed E-state index contributed by atoms with van der Waals surface area (Å²) in [7, 11) is 0. The summed E-state index contributed by atoms with van der Waals surface area (Å²) in [5.74, 6) is -2.79. The van der Waals surface area contributed by atoms with Crippen molar-refractivity contribution < 1.29 is 35.1 Å². The third-order valence-corrected chi connectivity index (χ3v) is 8.20. The van der Waals surface area contributed by atoms with Gasteiger partial charge < -0.3 is 0 Å². The molecule has 7 aromatic rings. The van der Waals surface area contributed by atoms with E-state index in [9.17, 15) is 40.4 Å². The molecule has 0 amide bonds. The molecule has 46 heavy (non-hydrogen) atoms. The molecule has 0 saturated carbocycles. The van der Waals surface area contributed by atoms with E-state index in [1.165, 1.54) is 12.1 Å². The molecule has 0 bridgehead atoms. The number of hydrogen-bond acceptors (Lipinski definition) is 3. The molecule has 0 saturated heterocycles. The summed E-state index contributed by atoms with van der Waals surface area (Å²) in [6.45, 7) is 0. The average Bonchev–Trinajstić information content (AvgIpc) is 3.45. The van der Waals surface area contributed by atoms with Crippen molar-refractivity contribution in [2.45, 2.75) is 12.4 Å². The molecule has 3 nitrogen and oxygen atoms in total. The Hall–Kier alpha value is -5.63. The first-order valence-electron chi connectivity index (χ1n) is 13.5. The predicted octanol–water partition coefficient (Wildman–Crippen LogP) is 9.69. The standard InChI is InChI=1S/C35H15F8N3/c36-30-7-3-18(11-28(30)34(38,39)40)16-1-5-20-22-13-23-21-6-2-17(19-4-8-31(37)29(12-19)35(41,42)43)10-26(21)33(46-15-44)27(23)14-25(22)32(45)24(20)9-16/h1-14,45H. The number of benzene rings is 5. The highest BCUT2D eigenvalue weighted by molar-refractivity contribution is 6.21. The quantitative estimate of drug-likeness (QED) is 0.150. The monoisotopic (exact) mass is 629 g/mol. The third kappa shape index (κ3) is 4.48. The lowest BCUT2D eigenvalue weighted by molar-refractivity contribution is -0.140. The van der Waals surface area contributed by atoms with E-state index in [0.717, 1.165) is 24.3 Å². The second-order valence-corrected chi connectivity index (χ2v) is 10.8. The first kappa shape index (κ1) is 29.1. The fraction of sp³-hybridized carbons (Fsp3) is 0.0571. The Labute approximate surface area is 253 Å². The van der Waals surface area contributed by atoms with Crippen LogP contribution in [-0.4, -0.2) is 0 Å². The SMILES string of the molecule is N#CN=c1c2cc(-c3ccc(F)c(C(F)(F)F)c3)ccc2c2cc3c(cc12)c(=N)c1cc(-c2ccc(F)c(C(F)(F)F)c2)ccc13. The number of halogens is 8. The van der Waals surface area contributed by atoms with Crippen LogP contribution in [0.25, 0.3) is 65.3 Å². The molecule has 0 atom stereocenters. The van der Waals surface area contributed by atoms with Gasteiger partial charge in [0.25, 0.3) is 0 Å². The molecule has 11 heteroatoms. The van der Waals surface area contributed by atoms with Crippen molar-refractivity contribution in [2.24, 2.45) is 4.99 Å². The third-order valence-electron chi connectivity index (χ3n) is 8.20. The largest absolute Gasteiger partial charge is 0.419 e. The summed E-state index contributed by atoms with van der Waals surface area (Å²) in [6, 6.07) is 18.5. The van der Waals surface area contributed by atoms with Crippen LogP contribution in [0, 0.1) is 28.5 Å². The van der Waals surface area contributed by atoms with Crippen LogP contribution in [0.4, 0.5) is 35.1 Å². The van der Waals surface area contributed by atoms with Crippen LogP contribution < -0.4 is 10.7 Å². The van der Waals surface area contributed by atoms with Gasteiger partial charge in [0, 0.05) is 21.5 Å². The lowest BCUT2D eigenvalue weighted by Crippen LogP contribution is -2.08. The Bertz CT molecular complexity index is 2560. The van der Waals surface area contributed by atoms with Crippen molar-refractivity contribution in [3.63, 3.8) is 0 Å². The van der Waals surface area contributed by atoms with Gasteiger partial charge in [0.15, 0.2) is 0 Å². The van der Waals surface area contributed by atoms with E-state index >= 15 is 0 Å². The highest BCUT2D eigenvalue weighted by atomic mass is 19.4. The van der Waals surface area contributed by atoms with E-state index in [1.807, 2.05) is 6.07 Å². The van der Waals surface area contributed by atoms with Crippen molar-refractivity contribution in [1.82, 2.24) is 0 Å². The number of rotatable bonds is 2. The fourth-order valence-electron chi connectivity index (χ4n) is 6.07. The van der Waals surface area contributed by atoms with E-state index in [0.29, 0.717) is 54.2 Å². The fourth-order valence-corrected chi connectivity index (χ4v) is 6.07. The molecule has 0 aromatic heterocycles. The zero-order valence-corrected chi connectivity index (χ0v) is 23.0. The minimum atomic E-state index is -4.90. The molecular weight excluding hydrogens is 614 g/mol. The molecule has 226 valence electrons. The Morgan fingerprint density at radius 2 is 0.891 bits per heavy atom. The van der Waals surface area contributed by atoms with Gasteiger partial charge in [0.2, 0.25) is 6.19 Å². The van der Waals surface area contributed by atoms with E-state index in [1.54, 1.807) is 48.7 Å². The molecule has 0 unspecified atom stereocenters.